The normalized spacial score (nSPS) is 18.0. The summed E-state index contributed by atoms with van der Waals surface area (Å²) in [5.74, 6) is 1.10. The zero-order valence-corrected chi connectivity index (χ0v) is 13.9. The van der Waals surface area contributed by atoms with Gasteiger partial charge in [-0.25, -0.2) is 4.98 Å². The van der Waals surface area contributed by atoms with Crippen molar-refractivity contribution in [2.24, 2.45) is 0 Å². The standard InChI is InChI=1S/C17H29N3O/c1-5-7-15-10-14(12-18-6-2)11-16(19-15)20-8-9-21-17(3,4)13-20/h10-11,18H,5-9,12-13H2,1-4H3. The second-order valence-corrected chi connectivity index (χ2v) is 6.38. The Labute approximate surface area is 128 Å². The first-order valence-electron chi connectivity index (χ1n) is 8.13. The second kappa shape index (κ2) is 7.23. The lowest BCUT2D eigenvalue weighted by molar-refractivity contribution is -0.0279. The maximum Gasteiger partial charge on any atom is 0.129 e. The Hall–Kier alpha value is -1.13. The molecule has 118 valence electrons. The molecule has 1 saturated heterocycles. The molecule has 1 aliphatic heterocycles. The van der Waals surface area contributed by atoms with Crippen LogP contribution >= 0.6 is 0 Å². The summed E-state index contributed by atoms with van der Waals surface area (Å²) in [6, 6.07) is 4.46. The number of hydrogen-bond acceptors (Lipinski definition) is 4. The highest BCUT2D eigenvalue weighted by Gasteiger charge is 2.28. The molecule has 0 saturated carbocycles. The number of nitrogens with one attached hydrogen (secondary N) is 1. The van der Waals surface area contributed by atoms with Crippen LogP contribution in [0.25, 0.3) is 0 Å². The highest BCUT2D eigenvalue weighted by atomic mass is 16.5. The lowest BCUT2D eigenvalue weighted by Crippen LogP contribution is -2.48. The number of nitrogens with zero attached hydrogens (tertiary/aromatic N) is 2. The van der Waals surface area contributed by atoms with E-state index in [2.05, 4.69) is 50.0 Å². The van der Waals surface area contributed by atoms with Gasteiger partial charge in [0.15, 0.2) is 0 Å². The molecule has 0 amide bonds. The van der Waals surface area contributed by atoms with E-state index in [0.29, 0.717) is 0 Å². The number of rotatable bonds is 6. The fourth-order valence-corrected chi connectivity index (χ4v) is 2.76. The monoisotopic (exact) mass is 291 g/mol. The maximum atomic E-state index is 5.81. The van der Waals surface area contributed by atoms with E-state index in [1.807, 2.05) is 0 Å². The van der Waals surface area contributed by atoms with Crippen LogP contribution in [-0.2, 0) is 17.7 Å². The SMILES string of the molecule is CCCc1cc(CNCC)cc(N2CCOC(C)(C)C2)n1. The van der Waals surface area contributed by atoms with E-state index in [4.69, 9.17) is 9.72 Å². The van der Waals surface area contributed by atoms with Gasteiger partial charge in [-0.2, -0.15) is 0 Å². The van der Waals surface area contributed by atoms with Crippen molar-refractivity contribution < 1.29 is 4.74 Å². The van der Waals surface area contributed by atoms with Crippen LogP contribution in [0.4, 0.5) is 5.82 Å². The Balaban J connectivity index is 2.21. The first-order valence-corrected chi connectivity index (χ1v) is 8.13. The van der Waals surface area contributed by atoms with Gasteiger partial charge in [0.1, 0.15) is 5.82 Å². The van der Waals surface area contributed by atoms with E-state index in [0.717, 1.165) is 51.4 Å². The van der Waals surface area contributed by atoms with E-state index in [1.165, 1.54) is 11.3 Å². The third-order valence-corrected chi connectivity index (χ3v) is 3.76. The predicted octanol–water partition coefficient (Wildman–Crippen LogP) is 2.76. The molecule has 0 aromatic carbocycles. The number of hydrogen-bond donors (Lipinski definition) is 1. The lowest BCUT2D eigenvalue weighted by Gasteiger charge is -2.39. The second-order valence-electron chi connectivity index (χ2n) is 6.38. The van der Waals surface area contributed by atoms with Gasteiger partial charge in [0, 0.05) is 25.3 Å². The first-order chi connectivity index (χ1) is 10.0. The Kier molecular flexibility index (Phi) is 5.59. The van der Waals surface area contributed by atoms with Crippen LogP contribution in [0.15, 0.2) is 12.1 Å². The number of morpholine rings is 1. The van der Waals surface area contributed by atoms with E-state index in [-0.39, 0.29) is 5.60 Å². The average Bonchev–Trinajstić information content (AvgIpc) is 2.44. The maximum absolute atomic E-state index is 5.81. The quantitative estimate of drug-likeness (QED) is 0.874. The summed E-state index contributed by atoms with van der Waals surface area (Å²) in [5.41, 5.74) is 2.43. The fraction of sp³-hybridized carbons (Fsp3) is 0.706. The highest BCUT2D eigenvalue weighted by Crippen LogP contribution is 2.23. The van der Waals surface area contributed by atoms with Gasteiger partial charge in [0.25, 0.3) is 0 Å². The topological polar surface area (TPSA) is 37.4 Å². The lowest BCUT2D eigenvalue weighted by atomic mass is 10.1. The number of pyridine rings is 1. The molecule has 0 bridgehead atoms. The van der Waals surface area contributed by atoms with Crippen LogP contribution < -0.4 is 10.2 Å². The molecular formula is C17H29N3O. The van der Waals surface area contributed by atoms with Crippen molar-refractivity contribution in [3.8, 4) is 0 Å². The smallest absolute Gasteiger partial charge is 0.129 e. The Morgan fingerprint density at radius 3 is 2.81 bits per heavy atom. The zero-order valence-electron chi connectivity index (χ0n) is 13.9. The molecule has 0 spiro atoms. The molecule has 1 N–H and O–H groups in total. The minimum Gasteiger partial charge on any atom is -0.372 e. The van der Waals surface area contributed by atoms with Gasteiger partial charge in [-0.15, -0.1) is 0 Å². The van der Waals surface area contributed by atoms with Crippen LogP contribution in [0.2, 0.25) is 0 Å². The summed E-state index contributed by atoms with van der Waals surface area (Å²) in [4.78, 5) is 7.22. The van der Waals surface area contributed by atoms with Crippen molar-refractivity contribution in [1.82, 2.24) is 10.3 Å². The number of aromatic nitrogens is 1. The third-order valence-electron chi connectivity index (χ3n) is 3.76. The van der Waals surface area contributed by atoms with Gasteiger partial charge in [-0.3, -0.25) is 0 Å². The van der Waals surface area contributed by atoms with Gasteiger partial charge in [-0.05, 0) is 44.5 Å². The minimum atomic E-state index is -0.0947. The van der Waals surface area contributed by atoms with Gasteiger partial charge in [0.2, 0.25) is 0 Å². The van der Waals surface area contributed by atoms with E-state index in [9.17, 15) is 0 Å². The van der Waals surface area contributed by atoms with Gasteiger partial charge >= 0.3 is 0 Å². The predicted molar refractivity (Wildman–Crippen MR) is 87.9 cm³/mol. The van der Waals surface area contributed by atoms with Crippen LogP contribution in [0, 0.1) is 0 Å². The molecule has 0 aliphatic carbocycles. The molecule has 21 heavy (non-hydrogen) atoms. The molecule has 4 heteroatoms. The molecule has 1 aliphatic rings. The third kappa shape index (κ3) is 4.68. The zero-order chi connectivity index (χ0) is 15.3. The molecule has 0 unspecified atom stereocenters. The summed E-state index contributed by atoms with van der Waals surface area (Å²) in [6.45, 7) is 13.1. The molecule has 1 aromatic heterocycles. The van der Waals surface area contributed by atoms with Crippen LogP contribution in [0.3, 0.4) is 0 Å². The summed E-state index contributed by atoms with van der Waals surface area (Å²) in [5, 5.41) is 3.41. The largest absolute Gasteiger partial charge is 0.372 e. The number of ether oxygens (including phenoxy) is 1. The van der Waals surface area contributed by atoms with Crippen molar-refractivity contribution in [3.63, 3.8) is 0 Å². The summed E-state index contributed by atoms with van der Waals surface area (Å²) >= 11 is 0. The average molecular weight is 291 g/mol. The number of aryl methyl sites for hydroxylation is 1. The van der Waals surface area contributed by atoms with Crippen molar-refractivity contribution in [2.45, 2.75) is 52.7 Å². The Morgan fingerprint density at radius 2 is 2.14 bits per heavy atom. The van der Waals surface area contributed by atoms with Crippen LogP contribution in [-0.4, -0.2) is 36.8 Å². The van der Waals surface area contributed by atoms with Gasteiger partial charge < -0.3 is 15.0 Å². The number of anilines is 1. The molecule has 1 fully saturated rings. The Morgan fingerprint density at radius 1 is 1.33 bits per heavy atom. The molecule has 0 atom stereocenters. The molecule has 2 rings (SSSR count). The minimum absolute atomic E-state index is 0.0947. The summed E-state index contributed by atoms with van der Waals surface area (Å²) in [6.07, 6.45) is 2.17. The van der Waals surface area contributed by atoms with Crippen molar-refractivity contribution in [1.29, 1.82) is 0 Å². The highest BCUT2D eigenvalue weighted by molar-refractivity contribution is 5.44. The molecule has 4 nitrogen and oxygen atoms in total. The van der Waals surface area contributed by atoms with Crippen molar-refractivity contribution in [3.05, 3.63) is 23.4 Å². The van der Waals surface area contributed by atoms with E-state index in [1.54, 1.807) is 0 Å². The first kappa shape index (κ1) is 16.2. The Bertz CT molecular complexity index is 459. The molecule has 2 heterocycles. The molecular weight excluding hydrogens is 262 g/mol. The van der Waals surface area contributed by atoms with Gasteiger partial charge in [0.05, 0.1) is 12.2 Å². The van der Waals surface area contributed by atoms with Crippen molar-refractivity contribution >= 4 is 5.82 Å². The molecule has 0 radical (unpaired) electrons. The van der Waals surface area contributed by atoms with Crippen molar-refractivity contribution in [2.75, 3.05) is 31.1 Å². The van der Waals surface area contributed by atoms with Gasteiger partial charge in [-0.1, -0.05) is 20.3 Å². The summed E-state index contributed by atoms with van der Waals surface area (Å²) < 4.78 is 5.81. The van der Waals surface area contributed by atoms with Crippen LogP contribution in [0.1, 0.15) is 45.4 Å². The van der Waals surface area contributed by atoms with Crippen LogP contribution in [0.5, 0.6) is 0 Å². The van der Waals surface area contributed by atoms with E-state index < -0.39 is 0 Å². The molecule has 1 aromatic rings. The summed E-state index contributed by atoms with van der Waals surface area (Å²) in [7, 11) is 0. The van der Waals surface area contributed by atoms with E-state index >= 15 is 0 Å². The fourth-order valence-electron chi connectivity index (χ4n) is 2.76.